The summed E-state index contributed by atoms with van der Waals surface area (Å²) >= 11 is 0. The number of rotatable bonds is 2. The predicted octanol–water partition coefficient (Wildman–Crippen LogP) is 3.24. The molecule has 0 bridgehead atoms. The average Bonchev–Trinajstić information content (AvgIpc) is 2.85. The Morgan fingerprint density at radius 3 is 2.67 bits per heavy atom. The summed E-state index contributed by atoms with van der Waals surface area (Å²) in [7, 11) is 0. The van der Waals surface area contributed by atoms with Crippen LogP contribution in [0.1, 0.15) is 15.9 Å². The van der Waals surface area contributed by atoms with E-state index in [0.717, 1.165) is 28.9 Å². The molecule has 0 aliphatic carbocycles. The summed E-state index contributed by atoms with van der Waals surface area (Å²) in [6.07, 6.45) is 1.41. The molecule has 1 aliphatic heterocycles. The summed E-state index contributed by atoms with van der Waals surface area (Å²) in [5.41, 5.74) is 2.94. The zero-order valence-electron chi connectivity index (χ0n) is 9.65. The number of aldehydes is 1. The maximum absolute atomic E-state index is 13.6. The Hall–Kier alpha value is -2.16. The highest BCUT2D eigenvalue weighted by atomic mass is 19.1. The smallest absolute Gasteiger partial charge is 0.152 e. The van der Waals surface area contributed by atoms with E-state index in [9.17, 15) is 9.18 Å². The van der Waals surface area contributed by atoms with E-state index in [-0.39, 0.29) is 5.56 Å². The second-order valence-electron chi connectivity index (χ2n) is 4.28. The minimum Gasteiger partial charge on any atom is -0.493 e. The summed E-state index contributed by atoms with van der Waals surface area (Å²) < 4.78 is 19.0. The summed E-state index contributed by atoms with van der Waals surface area (Å²) in [6.45, 7) is 0.706. The fourth-order valence-electron chi connectivity index (χ4n) is 2.17. The van der Waals surface area contributed by atoms with Crippen molar-refractivity contribution >= 4 is 6.29 Å². The van der Waals surface area contributed by atoms with Crippen molar-refractivity contribution in [3.8, 4) is 16.9 Å². The first-order chi connectivity index (χ1) is 8.78. The Morgan fingerprint density at radius 1 is 1.11 bits per heavy atom. The van der Waals surface area contributed by atoms with E-state index in [2.05, 4.69) is 0 Å². The third kappa shape index (κ3) is 1.78. The van der Waals surface area contributed by atoms with Crippen LogP contribution in [0.25, 0.3) is 11.1 Å². The van der Waals surface area contributed by atoms with E-state index in [1.54, 1.807) is 6.07 Å². The highest BCUT2D eigenvalue weighted by Crippen LogP contribution is 2.30. The van der Waals surface area contributed by atoms with Crippen LogP contribution in [0.5, 0.6) is 5.75 Å². The summed E-state index contributed by atoms with van der Waals surface area (Å²) in [4.78, 5) is 10.6. The molecule has 0 unspecified atom stereocenters. The van der Waals surface area contributed by atoms with Crippen LogP contribution < -0.4 is 4.74 Å². The van der Waals surface area contributed by atoms with Gasteiger partial charge in [-0.15, -0.1) is 0 Å². The molecular weight excluding hydrogens is 231 g/mol. The number of hydrogen-bond donors (Lipinski definition) is 0. The molecule has 0 saturated carbocycles. The Balaban J connectivity index is 2.04. The van der Waals surface area contributed by atoms with Crippen molar-refractivity contribution in [3.05, 3.63) is 53.3 Å². The molecule has 2 aromatic carbocycles. The van der Waals surface area contributed by atoms with Gasteiger partial charge in [-0.2, -0.15) is 0 Å². The molecule has 2 aromatic rings. The van der Waals surface area contributed by atoms with Gasteiger partial charge in [0.2, 0.25) is 0 Å². The fourth-order valence-corrected chi connectivity index (χ4v) is 2.17. The van der Waals surface area contributed by atoms with Gasteiger partial charge in [0.1, 0.15) is 11.6 Å². The SMILES string of the molecule is O=Cc1ccc(-c2ccc3c(c2)CCO3)cc1F. The van der Waals surface area contributed by atoms with Crippen LogP contribution in [0.15, 0.2) is 36.4 Å². The summed E-state index contributed by atoms with van der Waals surface area (Å²) in [5.74, 6) is 0.419. The quantitative estimate of drug-likeness (QED) is 0.756. The number of carbonyl (C=O) groups excluding carboxylic acids is 1. The van der Waals surface area contributed by atoms with E-state index in [4.69, 9.17) is 4.74 Å². The monoisotopic (exact) mass is 242 g/mol. The van der Waals surface area contributed by atoms with Crippen molar-refractivity contribution in [2.45, 2.75) is 6.42 Å². The second kappa shape index (κ2) is 4.26. The molecule has 0 fully saturated rings. The molecular formula is C15H11FO2. The van der Waals surface area contributed by atoms with Gasteiger partial charge in [0.15, 0.2) is 6.29 Å². The van der Waals surface area contributed by atoms with Crippen molar-refractivity contribution < 1.29 is 13.9 Å². The van der Waals surface area contributed by atoms with Gasteiger partial charge in [0.05, 0.1) is 12.2 Å². The molecule has 0 N–H and O–H groups in total. The predicted molar refractivity (Wildman–Crippen MR) is 66.4 cm³/mol. The lowest BCUT2D eigenvalue weighted by atomic mass is 10.0. The molecule has 18 heavy (non-hydrogen) atoms. The lowest BCUT2D eigenvalue weighted by Crippen LogP contribution is -1.89. The molecule has 0 amide bonds. The zero-order chi connectivity index (χ0) is 12.5. The topological polar surface area (TPSA) is 26.3 Å². The minimum absolute atomic E-state index is 0.0863. The van der Waals surface area contributed by atoms with Gasteiger partial charge in [0.25, 0.3) is 0 Å². The molecule has 1 aliphatic rings. The number of halogens is 1. The highest BCUT2D eigenvalue weighted by molar-refractivity contribution is 5.77. The van der Waals surface area contributed by atoms with Crippen molar-refractivity contribution in [2.75, 3.05) is 6.61 Å². The van der Waals surface area contributed by atoms with Crippen LogP contribution in [0, 0.1) is 5.82 Å². The summed E-state index contributed by atoms with van der Waals surface area (Å²) in [5, 5.41) is 0. The lowest BCUT2D eigenvalue weighted by Gasteiger charge is -2.05. The van der Waals surface area contributed by atoms with E-state index < -0.39 is 5.82 Å². The van der Waals surface area contributed by atoms with Gasteiger partial charge in [-0.05, 0) is 41.0 Å². The minimum atomic E-state index is -0.487. The molecule has 3 rings (SSSR count). The van der Waals surface area contributed by atoms with E-state index in [1.807, 2.05) is 18.2 Å². The van der Waals surface area contributed by atoms with Gasteiger partial charge in [0, 0.05) is 6.42 Å². The van der Waals surface area contributed by atoms with Gasteiger partial charge >= 0.3 is 0 Å². The van der Waals surface area contributed by atoms with Crippen LogP contribution >= 0.6 is 0 Å². The van der Waals surface area contributed by atoms with E-state index in [1.165, 1.54) is 12.1 Å². The molecule has 0 spiro atoms. The Kier molecular flexibility index (Phi) is 2.59. The van der Waals surface area contributed by atoms with Crippen molar-refractivity contribution in [1.29, 1.82) is 0 Å². The normalized spacial score (nSPS) is 12.9. The molecule has 2 nitrogen and oxygen atoms in total. The van der Waals surface area contributed by atoms with Crippen LogP contribution in [0.2, 0.25) is 0 Å². The first kappa shape index (κ1) is 11.0. The van der Waals surface area contributed by atoms with Crippen LogP contribution in [0.3, 0.4) is 0 Å². The Bertz CT molecular complexity index is 620. The third-order valence-electron chi connectivity index (χ3n) is 3.15. The van der Waals surface area contributed by atoms with E-state index in [0.29, 0.717) is 12.9 Å². The van der Waals surface area contributed by atoms with Gasteiger partial charge in [-0.1, -0.05) is 12.1 Å². The first-order valence-corrected chi connectivity index (χ1v) is 5.79. The number of benzene rings is 2. The molecule has 90 valence electrons. The van der Waals surface area contributed by atoms with Gasteiger partial charge in [-0.25, -0.2) is 4.39 Å². The average molecular weight is 242 g/mol. The largest absolute Gasteiger partial charge is 0.493 e. The molecule has 1 heterocycles. The number of fused-ring (bicyclic) bond motifs is 1. The Labute approximate surface area is 104 Å². The number of ether oxygens (including phenoxy) is 1. The highest BCUT2D eigenvalue weighted by Gasteiger charge is 2.13. The fraction of sp³-hybridized carbons (Fsp3) is 0.133. The molecule has 0 aromatic heterocycles. The van der Waals surface area contributed by atoms with Crippen LogP contribution in [-0.4, -0.2) is 12.9 Å². The number of carbonyl (C=O) groups is 1. The molecule has 0 saturated heterocycles. The van der Waals surface area contributed by atoms with E-state index >= 15 is 0 Å². The number of hydrogen-bond acceptors (Lipinski definition) is 2. The van der Waals surface area contributed by atoms with Gasteiger partial charge in [-0.3, -0.25) is 4.79 Å². The van der Waals surface area contributed by atoms with Crippen LogP contribution in [0.4, 0.5) is 4.39 Å². The Morgan fingerprint density at radius 2 is 1.89 bits per heavy atom. The van der Waals surface area contributed by atoms with Crippen LogP contribution in [-0.2, 0) is 6.42 Å². The molecule has 0 radical (unpaired) electrons. The third-order valence-corrected chi connectivity index (χ3v) is 3.15. The first-order valence-electron chi connectivity index (χ1n) is 5.79. The second-order valence-corrected chi connectivity index (χ2v) is 4.28. The molecule has 3 heteroatoms. The standard InChI is InChI=1S/C15H11FO2/c16-14-8-11(1-2-13(14)9-17)10-3-4-15-12(7-10)5-6-18-15/h1-4,7-9H,5-6H2. The maximum atomic E-state index is 13.6. The van der Waals surface area contributed by atoms with Crippen molar-refractivity contribution in [2.24, 2.45) is 0 Å². The van der Waals surface area contributed by atoms with Crippen molar-refractivity contribution in [1.82, 2.24) is 0 Å². The maximum Gasteiger partial charge on any atom is 0.152 e. The van der Waals surface area contributed by atoms with Crippen molar-refractivity contribution in [3.63, 3.8) is 0 Å². The zero-order valence-corrected chi connectivity index (χ0v) is 9.65. The lowest BCUT2D eigenvalue weighted by molar-refractivity contribution is 0.112. The van der Waals surface area contributed by atoms with Gasteiger partial charge < -0.3 is 4.74 Å². The summed E-state index contributed by atoms with van der Waals surface area (Å²) in [6, 6.07) is 10.5. The molecule has 0 atom stereocenters.